The van der Waals surface area contributed by atoms with Crippen LogP contribution in [0.2, 0.25) is 0 Å². The van der Waals surface area contributed by atoms with E-state index in [1.54, 1.807) is 6.92 Å². The third-order valence-corrected chi connectivity index (χ3v) is 2.17. The number of amides is 1. The van der Waals surface area contributed by atoms with E-state index in [9.17, 15) is 19.7 Å². The van der Waals surface area contributed by atoms with Gasteiger partial charge in [-0.05, 0) is 19.9 Å². The summed E-state index contributed by atoms with van der Waals surface area (Å²) in [6.45, 7) is 3.02. The third-order valence-electron chi connectivity index (χ3n) is 2.17. The Labute approximate surface area is 109 Å². The Balaban J connectivity index is 2.76. The first kappa shape index (κ1) is 14.5. The minimum Gasteiger partial charge on any atom is -0.300 e. The Morgan fingerprint density at radius 1 is 1.37 bits per heavy atom. The fraction of sp³-hybridized carbons (Fsp3) is 0.250. The van der Waals surface area contributed by atoms with Crippen molar-refractivity contribution >= 4 is 23.1 Å². The third kappa shape index (κ3) is 4.66. The van der Waals surface area contributed by atoms with Crippen molar-refractivity contribution in [2.45, 2.75) is 20.3 Å². The van der Waals surface area contributed by atoms with Crippen molar-refractivity contribution in [1.82, 2.24) is 5.43 Å². The second-order valence-corrected chi connectivity index (χ2v) is 3.97. The molecule has 1 amide bonds. The first-order chi connectivity index (χ1) is 8.90. The number of carbonyl (C=O) groups is 2. The average molecular weight is 263 g/mol. The summed E-state index contributed by atoms with van der Waals surface area (Å²) in [7, 11) is 0. The van der Waals surface area contributed by atoms with Crippen molar-refractivity contribution in [3.05, 3.63) is 39.9 Å². The van der Waals surface area contributed by atoms with Gasteiger partial charge in [0.15, 0.2) is 0 Å². The molecule has 0 heterocycles. The Kier molecular flexibility index (Phi) is 4.87. The van der Waals surface area contributed by atoms with Crippen molar-refractivity contribution < 1.29 is 14.5 Å². The highest BCUT2D eigenvalue weighted by Gasteiger charge is 2.10. The van der Waals surface area contributed by atoms with Gasteiger partial charge in [0.05, 0.1) is 4.92 Å². The summed E-state index contributed by atoms with van der Waals surface area (Å²) in [5, 5.41) is 14.3. The molecule has 0 unspecified atom stereocenters. The van der Waals surface area contributed by atoms with Crippen molar-refractivity contribution in [3.8, 4) is 0 Å². The van der Waals surface area contributed by atoms with Gasteiger partial charge < -0.3 is 0 Å². The molecule has 100 valence electrons. The smallest absolute Gasteiger partial charge is 0.271 e. The summed E-state index contributed by atoms with van der Waals surface area (Å²) in [6, 6.07) is 5.31. The topological polar surface area (TPSA) is 102 Å². The van der Waals surface area contributed by atoms with Gasteiger partial charge in [-0.15, -0.1) is 0 Å². The summed E-state index contributed by atoms with van der Waals surface area (Å²) in [4.78, 5) is 32.5. The Morgan fingerprint density at radius 3 is 2.63 bits per heavy atom. The molecular weight excluding hydrogens is 250 g/mol. The number of rotatable bonds is 5. The molecule has 0 aromatic heterocycles. The van der Waals surface area contributed by atoms with Crippen LogP contribution in [0.5, 0.6) is 0 Å². The van der Waals surface area contributed by atoms with Crippen LogP contribution < -0.4 is 5.43 Å². The molecule has 0 spiro atoms. The van der Waals surface area contributed by atoms with Crippen LogP contribution in [0.3, 0.4) is 0 Å². The molecule has 0 bridgehead atoms. The number of nitrogens with zero attached hydrogens (tertiary/aromatic N) is 2. The maximum atomic E-state index is 11.7. The Bertz CT molecular complexity index is 552. The van der Waals surface area contributed by atoms with E-state index in [1.165, 1.54) is 25.1 Å². The molecule has 0 aliphatic heterocycles. The van der Waals surface area contributed by atoms with Gasteiger partial charge in [0.1, 0.15) is 5.78 Å². The fourth-order valence-electron chi connectivity index (χ4n) is 1.37. The molecule has 1 aromatic carbocycles. The molecule has 0 atom stereocenters. The molecule has 0 aliphatic carbocycles. The van der Waals surface area contributed by atoms with Crippen molar-refractivity contribution in [3.63, 3.8) is 0 Å². The summed E-state index contributed by atoms with van der Waals surface area (Å²) < 4.78 is 0. The highest BCUT2D eigenvalue weighted by atomic mass is 16.6. The molecule has 7 heteroatoms. The number of hydrogen-bond donors (Lipinski definition) is 1. The SMILES string of the molecule is CC(=O)C/C(C)=N\NC(=O)c1cccc([N+](=O)[O-])c1. The molecule has 1 aromatic rings. The molecule has 19 heavy (non-hydrogen) atoms. The quantitative estimate of drug-likeness (QED) is 0.496. The van der Waals surface area contributed by atoms with Gasteiger partial charge in [-0.25, -0.2) is 5.43 Å². The zero-order chi connectivity index (χ0) is 14.4. The predicted octanol–water partition coefficient (Wildman–Crippen LogP) is 1.68. The van der Waals surface area contributed by atoms with E-state index in [1.807, 2.05) is 0 Å². The maximum Gasteiger partial charge on any atom is 0.271 e. The number of benzene rings is 1. The highest BCUT2D eigenvalue weighted by Crippen LogP contribution is 2.12. The number of ketones is 1. The van der Waals surface area contributed by atoms with Crippen LogP contribution >= 0.6 is 0 Å². The summed E-state index contributed by atoms with van der Waals surface area (Å²) in [5.41, 5.74) is 2.67. The lowest BCUT2D eigenvalue weighted by molar-refractivity contribution is -0.384. The van der Waals surface area contributed by atoms with E-state index in [0.717, 1.165) is 6.07 Å². The first-order valence-corrected chi connectivity index (χ1v) is 5.47. The van der Waals surface area contributed by atoms with E-state index >= 15 is 0 Å². The molecule has 0 saturated heterocycles. The van der Waals surface area contributed by atoms with Gasteiger partial charge in [0.2, 0.25) is 0 Å². The first-order valence-electron chi connectivity index (χ1n) is 5.47. The van der Waals surface area contributed by atoms with E-state index in [2.05, 4.69) is 10.5 Å². The van der Waals surface area contributed by atoms with Gasteiger partial charge in [0.25, 0.3) is 11.6 Å². The van der Waals surface area contributed by atoms with Crippen LogP contribution in [0.4, 0.5) is 5.69 Å². The predicted molar refractivity (Wildman–Crippen MR) is 69.0 cm³/mol. The maximum absolute atomic E-state index is 11.7. The molecule has 0 radical (unpaired) electrons. The lowest BCUT2D eigenvalue weighted by atomic mass is 10.2. The second-order valence-electron chi connectivity index (χ2n) is 3.97. The van der Waals surface area contributed by atoms with Gasteiger partial charge in [0, 0.05) is 29.8 Å². The fourth-order valence-corrected chi connectivity index (χ4v) is 1.37. The molecule has 1 N–H and O–H groups in total. The van der Waals surface area contributed by atoms with Crippen molar-refractivity contribution in [2.75, 3.05) is 0 Å². The van der Waals surface area contributed by atoms with E-state index in [0.29, 0.717) is 5.71 Å². The number of non-ortho nitro benzene ring substituents is 1. The van der Waals surface area contributed by atoms with Crippen LogP contribution in [-0.4, -0.2) is 22.3 Å². The molecule has 0 fully saturated rings. The minimum absolute atomic E-state index is 0.0640. The van der Waals surface area contributed by atoms with E-state index in [4.69, 9.17) is 0 Å². The summed E-state index contributed by atoms with van der Waals surface area (Å²) >= 11 is 0. The standard InChI is InChI=1S/C12H13N3O4/c1-8(6-9(2)16)13-14-12(17)10-4-3-5-11(7-10)15(18)19/h3-5,7H,6H2,1-2H3,(H,14,17)/b13-8-. The zero-order valence-corrected chi connectivity index (χ0v) is 10.5. The average Bonchev–Trinajstić information content (AvgIpc) is 2.35. The lowest BCUT2D eigenvalue weighted by Gasteiger charge is -2.01. The van der Waals surface area contributed by atoms with Crippen molar-refractivity contribution in [1.29, 1.82) is 0 Å². The number of carbonyl (C=O) groups excluding carboxylic acids is 2. The van der Waals surface area contributed by atoms with Gasteiger partial charge in [-0.3, -0.25) is 19.7 Å². The number of Topliss-reactive ketones (excluding diaryl/α,β-unsaturated/α-hetero) is 1. The number of hydrogen-bond acceptors (Lipinski definition) is 5. The van der Waals surface area contributed by atoms with Crippen LogP contribution in [0.25, 0.3) is 0 Å². The molecule has 0 saturated carbocycles. The minimum atomic E-state index is -0.582. The number of nitro benzene ring substituents is 1. The van der Waals surface area contributed by atoms with Gasteiger partial charge >= 0.3 is 0 Å². The van der Waals surface area contributed by atoms with E-state index in [-0.39, 0.29) is 23.5 Å². The van der Waals surface area contributed by atoms with Crippen LogP contribution in [0.1, 0.15) is 30.6 Å². The number of nitrogens with one attached hydrogen (secondary N) is 1. The molecule has 1 rings (SSSR count). The summed E-state index contributed by atoms with van der Waals surface area (Å²) in [5.74, 6) is -0.627. The lowest BCUT2D eigenvalue weighted by Crippen LogP contribution is -2.19. The highest BCUT2D eigenvalue weighted by molar-refractivity contribution is 6.01. The normalized spacial score (nSPS) is 10.9. The number of hydrazone groups is 1. The monoisotopic (exact) mass is 263 g/mol. The van der Waals surface area contributed by atoms with Crippen LogP contribution in [-0.2, 0) is 4.79 Å². The zero-order valence-electron chi connectivity index (χ0n) is 10.5. The van der Waals surface area contributed by atoms with Gasteiger partial charge in [-0.1, -0.05) is 6.07 Å². The largest absolute Gasteiger partial charge is 0.300 e. The Hall–Kier alpha value is -2.57. The second kappa shape index (κ2) is 6.39. The molecule has 7 nitrogen and oxygen atoms in total. The Morgan fingerprint density at radius 2 is 2.05 bits per heavy atom. The summed E-state index contributed by atoms with van der Waals surface area (Å²) in [6.07, 6.45) is 0.148. The van der Waals surface area contributed by atoms with E-state index < -0.39 is 10.8 Å². The van der Waals surface area contributed by atoms with Crippen LogP contribution in [0.15, 0.2) is 29.4 Å². The molecular formula is C12H13N3O4. The van der Waals surface area contributed by atoms with Crippen LogP contribution in [0, 0.1) is 10.1 Å². The number of nitro groups is 1. The molecule has 0 aliphatic rings. The van der Waals surface area contributed by atoms with Gasteiger partial charge in [-0.2, -0.15) is 5.10 Å². The van der Waals surface area contributed by atoms with Crippen molar-refractivity contribution in [2.24, 2.45) is 5.10 Å².